The first-order chi connectivity index (χ1) is 9.58. The van der Waals surface area contributed by atoms with Gasteiger partial charge in [-0.15, -0.1) is 0 Å². The highest BCUT2D eigenvalue weighted by molar-refractivity contribution is 9.10. The van der Waals surface area contributed by atoms with Gasteiger partial charge in [0.2, 0.25) is 11.2 Å². The van der Waals surface area contributed by atoms with Crippen molar-refractivity contribution in [1.29, 1.82) is 0 Å². The van der Waals surface area contributed by atoms with Crippen LogP contribution in [0, 0.1) is 6.92 Å². The fourth-order valence-electron chi connectivity index (χ4n) is 2.08. The van der Waals surface area contributed by atoms with Crippen LogP contribution in [0.15, 0.2) is 50.3 Å². The molecule has 0 aliphatic rings. The molecule has 0 aliphatic heterocycles. The minimum atomic E-state index is -0.442. The molecular weight excluding hydrogens is 322 g/mol. The second-order valence-electron chi connectivity index (χ2n) is 4.47. The number of aryl methyl sites for hydroxylation is 1. The third-order valence-corrected chi connectivity index (χ3v) is 3.60. The Hall–Kier alpha value is -2.14. The molecule has 100 valence electrons. The number of aromatic hydroxyl groups is 1. The lowest BCUT2D eigenvalue weighted by Gasteiger charge is -2.07. The monoisotopic (exact) mass is 331 g/mol. The minimum Gasteiger partial charge on any atom is -0.502 e. The van der Waals surface area contributed by atoms with E-state index in [2.05, 4.69) is 20.9 Å². The maximum atomic E-state index is 12.3. The highest BCUT2D eigenvalue weighted by Crippen LogP contribution is 2.33. The Kier molecular flexibility index (Phi) is 3.06. The van der Waals surface area contributed by atoms with E-state index in [1.807, 2.05) is 13.0 Å². The summed E-state index contributed by atoms with van der Waals surface area (Å²) in [5, 5.41) is 10.4. The van der Waals surface area contributed by atoms with E-state index >= 15 is 0 Å². The number of nitrogens with zero attached hydrogens (tertiary/aromatic N) is 1. The van der Waals surface area contributed by atoms with Gasteiger partial charge in [0.15, 0.2) is 11.3 Å². The molecule has 0 unspecified atom stereocenters. The summed E-state index contributed by atoms with van der Waals surface area (Å²) < 4.78 is 6.40. The molecule has 0 radical (unpaired) electrons. The molecule has 0 saturated heterocycles. The number of benzene rings is 1. The number of aromatic nitrogens is 1. The average Bonchev–Trinajstić information content (AvgIpc) is 2.44. The summed E-state index contributed by atoms with van der Waals surface area (Å²) in [6.45, 7) is 1.87. The third kappa shape index (κ3) is 2.00. The molecule has 1 aromatic carbocycles. The van der Waals surface area contributed by atoms with Gasteiger partial charge in [-0.3, -0.25) is 9.78 Å². The summed E-state index contributed by atoms with van der Waals surface area (Å²) in [6.07, 6.45) is 3.15. The highest BCUT2D eigenvalue weighted by Gasteiger charge is 2.17. The summed E-state index contributed by atoms with van der Waals surface area (Å²) in [6, 6.07) is 6.90. The second kappa shape index (κ2) is 4.76. The zero-order valence-electron chi connectivity index (χ0n) is 10.6. The summed E-state index contributed by atoms with van der Waals surface area (Å²) >= 11 is 3.39. The first-order valence-electron chi connectivity index (χ1n) is 5.94. The Morgan fingerprint density at radius 1 is 1.25 bits per heavy atom. The smallest absolute Gasteiger partial charge is 0.235 e. The number of hydrogen-bond acceptors (Lipinski definition) is 4. The molecule has 0 saturated carbocycles. The Labute approximate surface area is 122 Å². The molecule has 1 N–H and O–H groups in total. The predicted molar refractivity (Wildman–Crippen MR) is 79.8 cm³/mol. The standard InChI is InChI=1S/C15H10BrNO3/c1-8-6-10-12(18)13(19)14(9-2-4-17-5-3-9)20-15(10)11(16)7-8/h2-7,19H,1H3. The third-order valence-electron chi connectivity index (χ3n) is 3.01. The molecule has 4 nitrogen and oxygen atoms in total. The summed E-state index contributed by atoms with van der Waals surface area (Å²) in [7, 11) is 0. The molecule has 3 aromatic rings. The van der Waals surface area contributed by atoms with E-state index in [1.165, 1.54) is 0 Å². The van der Waals surface area contributed by atoms with Crippen LogP contribution >= 0.6 is 15.9 Å². The lowest BCUT2D eigenvalue weighted by Crippen LogP contribution is -2.03. The Morgan fingerprint density at radius 3 is 2.65 bits per heavy atom. The maximum absolute atomic E-state index is 12.3. The van der Waals surface area contributed by atoms with Gasteiger partial charge >= 0.3 is 0 Å². The zero-order chi connectivity index (χ0) is 14.3. The Morgan fingerprint density at radius 2 is 1.95 bits per heavy atom. The lowest BCUT2D eigenvalue weighted by atomic mass is 10.1. The molecular formula is C15H10BrNO3. The average molecular weight is 332 g/mol. The van der Waals surface area contributed by atoms with E-state index in [1.54, 1.807) is 30.6 Å². The number of pyridine rings is 1. The van der Waals surface area contributed by atoms with Gasteiger partial charge in [0.25, 0.3) is 0 Å². The van der Waals surface area contributed by atoms with Gasteiger partial charge in [-0.05, 0) is 52.7 Å². The molecule has 20 heavy (non-hydrogen) atoms. The van der Waals surface area contributed by atoms with Crippen LogP contribution in [-0.2, 0) is 0 Å². The van der Waals surface area contributed by atoms with Gasteiger partial charge in [-0.1, -0.05) is 0 Å². The van der Waals surface area contributed by atoms with Gasteiger partial charge in [-0.25, -0.2) is 0 Å². The molecule has 0 aliphatic carbocycles. The van der Waals surface area contributed by atoms with E-state index in [0.29, 0.717) is 21.0 Å². The van der Waals surface area contributed by atoms with E-state index in [4.69, 9.17) is 4.42 Å². The lowest BCUT2D eigenvalue weighted by molar-refractivity contribution is 0.449. The van der Waals surface area contributed by atoms with Crippen LogP contribution in [0.5, 0.6) is 5.75 Å². The van der Waals surface area contributed by atoms with Crippen LogP contribution in [0.2, 0.25) is 0 Å². The summed E-state index contributed by atoms with van der Waals surface area (Å²) in [4.78, 5) is 16.2. The van der Waals surface area contributed by atoms with Gasteiger partial charge in [-0.2, -0.15) is 0 Å². The molecule has 3 rings (SSSR count). The van der Waals surface area contributed by atoms with E-state index in [0.717, 1.165) is 5.56 Å². The first-order valence-corrected chi connectivity index (χ1v) is 6.73. The SMILES string of the molecule is Cc1cc(Br)c2oc(-c3ccncc3)c(O)c(=O)c2c1. The Bertz CT molecular complexity index is 856. The van der Waals surface area contributed by atoms with E-state index in [-0.39, 0.29) is 11.5 Å². The van der Waals surface area contributed by atoms with Crippen LogP contribution in [0.1, 0.15) is 5.56 Å². The number of fused-ring (bicyclic) bond motifs is 1. The van der Waals surface area contributed by atoms with Crippen molar-refractivity contribution in [3.8, 4) is 17.1 Å². The van der Waals surface area contributed by atoms with Crippen molar-refractivity contribution in [2.24, 2.45) is 0 Å². The molecule has 0 fully saturated rings. The van der Waals surface area contributed by atoms with Crippen LogP contribution in [-0.4, -0.2) is 10.1 Å². The molecule has 0 atom stereocenters. The van der Waals surface area contributed by atoms with Gasteiger partial charge in [0.05, 0.1) is 9.86 Å². The molecule has 0 amide bonds. The summed E-state index contributed by atoms with van der Waals surface area (Å²) in [5.74, 6) is -0.240. The number of halogens is 1. The highest BCUT2D eigenvalue weighted by atomic mass is 79.9. The number of hydrogen-bond donors (Lipinski definition) is 1. The van der Waals surface area contributed by atoms with Gasteiger partial charge < -0.3 is 9.52 Å². The topological polar surface area (TPSA) is 63.3 Å². The van der Waals surface area contributed by atoms with Crippen LogP contribution in [0.4, 0.5) is 0 Å². The summed E-state index contributed by atoms with van der Waals surface area (Å²) in [5.41, 5.74) is 1.49. The Balaban J connectivity index is 2.42. The molecule has 2 aromatic heterocycles. The van der Waals surface area contributed by atoms with Crippen molar-refractivity contribution >= 4 is 26.9 Å². The van der Waals surface area contributed by atoms with Gasteiger partial charge in [0, 0.05) is 18.0 Å². The predicted octanol–water partition coefficient (Wildman–Crippen LogP) is 3.63. The van der Waals surface area contributed by atoms with E-state index < -0.39 is 5.43 Å². The second-order valence-corrected chi connectivity index (χ2v) is 5.32. The maximum Gasteiger partial charge on any atom is 0.235 e. The van der Waals surface area contributed by atoms with Gasteiger partial charge in [0.1, 0.15) is 0 Å². The number of rotatable bonds is 1. The largest absolute Gasteiger partial charge is 0.502 e. The van der Waals surface area contributed by atoms with Crippen molar-refractivity contribution in [3.05, 3.63) is 56.9 Å². The van der Waals surface area contributed by atoms with E-state index in [9.17, 15) is 9.90 Å². The fraction of sp³-hybridized carbons (Fsp3) is 0.0667. The molecule has 2 heterocycles. The first kappa shape index (κ1) is 12.9. The van der Waals surface area contributed by atoms with Crippen molar-refractivity contribution in [2.45, 2.75) is 6.92 Å². The van der Waals surface area contributed by atoms with Crippen molar-refractivity contribution in [3.63, 3.8) is 0 Å². The van der Waals surface area contributed by atoms with Crippen molar-refractivity contribution in [2.75, 3.05) is 0 Å². The quantitative estimate of drug-likeness (QED) is 0.739. The van der Waals surface area contributed by atoms with Crippen LogP contribution < -0.4 is 5.43 Å². The molecule has 5 heteroatoms. The van der Waals surface area contributed by atoms with Crippen molar-refractivity contribution < 1.29 is 9.52 Å². The fourth-order valence-corrected chi connectivity index (χ4v) is 2.74. The van der Waals surface area contributed by atoms with Crippen LogP contribution in [0.3, 0.4) is 0 Å². The zero-order valence-corrected chi connectivity index (χ0v) is 12.1. The van der Waals surface area contributed by atoms with Crippen LogP contribution in [0.25, 0.3) is 22.3 Å². The minimum absolute atomic E-state index is 0.148. The van der Waals surface area contributed by atoms with Crippen molar-refractivity contribution in [1.82, 2.24) is 4.98 Å². The molecule has 0 bridgehead atoms. The molecule has 0 spiro atoms. The normalized spacial score (nSPS) is 10.9.